The molecule has 152 valence electrons. The van der Waals surface area contributed by atoms with Crippen LogP contribution < -0.4 is 5.32 Å². The maximum Gasteiger partial charge on any atom is 0.341 e. The molecular formula is C19H27N5O4. The Kier molecular flexibility index (Phi) is 7.18. The first-order chi connectivity index (χ1) is 13.7. The van der Waals surface area contributed by atoms with Crippen LogP contribution in [0, 0.1) is 0 Å². The van der Waals surface area contributed by atoms with Crippen LogP contribution in [0.5, 0.6) is 0 Å². The van der Waals surface area contributed by atoms with Gasteiger partial charge in [-0.15, -0.1) is 0 Å². The summed E-state index contributed by atoms with van der Waals surface area (Å²) >= 11 is 0. The maximum absolute atomic E-state index is 12.7. The van der Waals surface area contributed by atoms with Gasteiger partial charge in [0.1, 0.15) is 0 Å². The van der Waals surface area contributed by atoms with E-state index < -0.39 is 5.97 Å². The molecule has 0 aliphatic carbocycles. The number of nitrogens with zero attached hydrogens (tertiary/aromatic N) is 3. The fraction of sp³-hybridized carbons (Fsp3) is 0.579. The summed E-state index contributed by atoms with van der Waals surface area (Å²) in [4.78, 5) is 24.6. The quantitative estimate of drug-likeness (QED) is 0.572. The molecule has 0 radical (unpaired) electrons. The number of carbonyl (C=O) groups is 2. The number of H-pyrrole nitrogens is 1. The van der Waals surface area contributed by atoms with Gasteiger partial charge in [0.15, 0.2) is 0 Å². The van der Waals surface area contributed by atoms with E-state index in [1.807, 2.05) is 11.6 Å². The average molecular weight is 389 g/mol. The van der Waals surface area contributed by atoms with Gasteiger partial charge in [-0.2, -0.15) is 10.2 Å². The highest BCUT2D eigenvalue weighted by Gasteiger charge is 2.22. The Morgan fingerprint density at radius 2 is 2.21 bits per heavy atom. The normalized spacial score (nSPS) is 15.4. The molecule has 0 saturated carbocycles. The SMILES string of the molecule is CCc1nn(CCCOC(=O)c2cn[nH]c2)c2c1C(=O)NCCCOCCC2. The van der Waals surface area contributed by atoms with Gasteiger partial charge >= 0.3 is 5.97 Å². The monoisotopic (exact) mass is 389 g/mol. The van der Waals surface area contributed by atoms with Gasteiger partial charge in [-0.05, 0) is 25.7 Å². The molecule has 1 aliphatic rings. The van der Waals surface area contributed by atoms with Crippen LogP contribution >= 0.6 is 0 Å². The number of rotatable bonds is 6. The number of carbonyl (C=O) groups excluding carboxylic acids is 2. The summed E-state index contributed by atoms with van der Waals surface area (Å²) in [5.41, 5.74) is 2.83. The highest BCUT2D eigenvalue weighted by Crippen LogP contribution is 2.19. The zero-order valence-corrected chi connectivity index (χ0v) is 16.2. The molecule has 3 heterocycles. The summed E-state index contributed by atoms with van der Waals surface area (Å²) in [6.07, 6.45) is 6.60. The van der Waals surface area contributed by atoms with Gasteiger partial charge in [0.25, 0.3) is 5.91 Å². The Bertz CT molecular complexity index is 785. The van der Waals surface area contributed by atoms with Gasteiger partial charge in [-0.3, -0.25) is 14.6 Å². The third-order valence-electron chi connectivity index (χ3n) is 4.63. The molecule has 0 aromatic carbocycles. The van der Waals surface area contributed by atoms with E-state index in [1.165, 1.54) is 12.4 Å². The number of fused-ring (bicyclic) bond motifs is 1. The Balaban J connectivity index is 1.66. The highest BCUT2D eigenvalue weighted by molar-refractivity contribution is 5.96. The summed E-state index contributed by atoms with van der Waals surface area (Å²) in [6.45, 7) is 4.77. The highest BCUT2D eigenvalue weighted by atomic mass is 16.5. The molecule has 2 aromatic heterocycles. The summed E-state index contributed by atoms with van der Waals surface area (Å²) < 4.78 is 12.8. The van der Waals surface area contributed by atoms with E-state index in [9.17, 15) is 9.59 Å². The van der Waals surface area contributed by atoms with E-state index in [0.717, 1.165) is 30.7 Å². The Hall–Kier alpha value is -2.68. The molecule has 2 aromatic rings. The van der Waals surface area contributed by atoms with Crippen molar-refractivity contribution in [1.82, 2.24) is 25.3 Å². The molecule has 0 spiro atoms. The zero-order valence-electron chi connectivity index (χ0n) is 16.2. The van der Waals surface area contributed by atoms with Crippen molar-refractivity contribution in [2.45, 2.75) is 45.6 Å². The lowest BCUT2D eigenvalue weighted by Gasteiger charge is -2.10. The molecule has 1 amide bonds. The van der Waals surface area contributed by atoms with Crippen LogP contribution in [0.1, 0.15) is 58.3 Å². The molecule has 3 rings (SSSR count). The lowest BCUT2D eigenvalue weighted by molar-refractivity contribution is 0.0494. The van der Waals surface area contributed by atoms with Crippen molar-refractivity contribution < 1.29 is 19.1 Å². The van der Waals surface area contributed by atoms with Crippen LogP contribution in [0.4, 0.5) is 0 Å². The summed E-state index contributed by atoms with van der Waals surface area (Å²) in [5.74, 6) is -0.467. The number of hydrogen-bond acceptors (Lipinski definition) is 6. The Morgan fingerprint density at radius 1 is 1.36 bits per heavy atom. The van der Waals surface area contributed by atoms with Crippen LogP contribution in [0.25, 0.3) is 0 Å². The van der Waals surface area contributed by atoms with Crippen LogP contribution in [-0.2, 0) is 28.9 Å². The third-order valence-corrected chi connectivity index (χ3v) is 4.63. The number of hydrogen-bond donors (Lipinski definition) is 2. The number of esters is 1. The minimum absolute atomic E-state index is 0.0635. The molecule has 0 unspecified atom stereocenters. The number of aromatic nitrogens is 4. The van der Waals surface area contributed by atoms with E-state index >= 15 is 0 Å². The van der Waals surface area contributed by atoms with Crippen molar-refractivity contribution in [3.05, 3.63) is 34.9 Å². The van der Waals surface area contributed by atoms with Crippen LogP contribution in [-0.4, -0.2) is 58.2 Å². The van der Waals surface area contributed by atoms with Crippen LogP contribution in [0.15, 0.2) is 12.4 Å². The first-order valence-electron chi connectivity index (χ1n) is 9.81. The van der Waals surface area contributed by atoms with Gasteiger partial charge in [0.05, 0.1) is 35.3 Å². The van der Waals surface area contributed by atoms with Gasteiger partial charge in [-0.1, -0.05) is 6.92 Å². The topological polar surface area (TPSA) is 111 Å². The van der Waals surface area contributed by atoms with E-state index in [-0.39, 0.29) is 12.5 Å². The first-order valence-corrected chi connectivity index (χ1v) is 9.81. The van der Waals surface area contributed by atoms with Gasteiger partial charge in [0, 0.05) is 38.9 Å². The van der Waals surface area contributed by atoms with Crippen molar-refractivity contribution in [1.29, 1.82) is 0 Å². The largest absolute Gasteiger partial charge is 0.462 e. The molecule has 2 N–H and O–H groups in total. The molecule has 9 heteroatoms. The Morgan fingerprint density at radius 3 is 3.00 bits per heavy atom. The van der Waals surface area contributed by atoms with E-state index in [2.05, 4.69) is 20.6 Å². The molecule has 0 bridgehead atoms. The van der Waals surface area contributed by atoms with Crippen molar-refractivity contribution >= 4 is 11.9 Å². The second-order valence-corrected chi connectivity index (χ2v) is 6.65. The fourth-order valence-electron chi connectivity index (χ4n) is 3.23. The van der Waals surface area contributed by atoms with Gasteiger partial charge in [0.2, 0.25) is 0 Å². The van der Waals surface area contributed by atoms with Gasteiger partial charge in [-0.25, -0.2) is 4.79 Å². The fourth-order valence-corrected chi connectivity index (χ4v) is 3.23. The second-order valence-electron chi connectivity index (χ2n) is 6.65. The molecule has 9 nitrogen and oxygen atoms in total. The minimum Gasteiger partial charge on any atom is -0.462 e. The van der Waals surface area contributed by atoms with Crippen molar-refractivity contribution in [2.24, 2.45) is 0 Å². The van der Waals surface area contributed by atoms with Crippen molar-refractivity contribution in [3.63, 3.8) is 0 Å². The predicted molar refractivity (Wildman–Crippen MR) is 101 cm³/mol. The number of ether oxygens (including phenoxy) is 2. The van der Waals surface area contributed by atoms with Crippen LogP contribution in [0.3, 0.4) is 0 Å². The van der Waals surface area contributed by atoms with E-state index in [0.29, 0.717) is 50.3 Å². The van der Waals surface area contributed by atoms with Gasteiger partial charge < -0.3 is 14.8 Å². The lowest BCUT2D eigenvalue weighted by Crippen LogP contribution is -2.26. The van der Waals surface area contributed by atoms with Crippen LogP contribution in [0.2, 0.25) is 0 Å². The molecule has 0 saturated heterocycles. The maximum atomic E-state index is 12.7. The molecule has 28 heavy (non-hydrogen) atoms. The summed E-state index contributed by atoms with van der Waals surface area (Å²) in [7, 11) is 0. The van der Waals surface area contributed by atoms with Crippen molar-refractivity contribution in [2.75, 3.05) is 26.4 Å². The second kappa shape index (κ2) is 10.0. The summed E-state index contributed by atoms with van der Waals surface area (Å²) in [5, 5.41) is 13.9. The zero-order chi connectivity index (χ0) is 19.8. The smallest absolute Gasteiger partial charge is 0.341 e. The Labute approximate surface area is 163 Å². The molecule has 0 fully saturated rings. The number of amides is 1. The van der Waals surface area contributed by atoms with E-state index in [1.54, 1.807) is 0 Å². The standard InChI is InChI=1S/C19H27N5O4/c1-2-15-17-16(6-3-9-27-10-4-7-20-18(17)25)24(23-15)8-5-11-28-19(26)14-12-21-22-13-14/h12-13H,2-11H2,1H3,(H,20,25)(H,21,22). The number of aryl methyl sites for hydroxylation is 2. The third kappa shape index (κ3) is 4.98. The van der Waals surface area contributed by atoms with Crippen molar-refractivity contribution in [3.8, 4) is 0 Å². The summed E-state index contributed by atoms with van der Waals surface area (Å²) in [6, 6.07) is 0. The molecular weight excluding hydrogens is 362 g/mol. The first kappa shape index (κ1) is 20.1. The lowest BCUT2D eigenvalue weighted by atomic mass is 10.1. The minimum atomic E-state index is -0.403. The predicted octanol–water partition coefficient (Wildman–Crippen LogP) is 1.50. The number of aromatic amines is 1. The number of nitrogens with one attached hydrogen (secondary N) is 2. The van der Waals surface area contributed by atoms with E-state index in [4.69, 9.17) is 9.47 Å². The average Bonchev–Trinajstić information content (AvgIpc) is 3.34. The molecule has 0 atom stereocenters. The molecule has 1 aliphatic heterocycles.